The summed E-state index contributed by atoms with van der Waals surface area (Å²) in [6.45, 7) is 2.96. The van der Waals surface area contributed by atoms with Gasteiger partial charge in [0, 0.05) is 48.6 Å². The highest BCUT2D eigenvalue weighted by molar-refractivity contribution is 5.88. The number of rotatable bonds is 7. The van der Waals surface area contributed by atoms with Gasteiger partial charge in [-0.15, -0.1) is 0 Å². The molecule has 4 rings (SSSR count). The molecule has 0 fully saturated rings. The first-order chi connectivity index (χ1) is 13.7. The molecule has 0 aliphatic carbocycles. The standard InChI is InChI=1S/C21H22N6O/c1-15-25-19(13-20(26-15)27-10-4-5-11-27)22-8-9-23-21(28)12-16-14-24-18-7-3-2-6-17(16)18/h2-7,10-11,13-14,24H,8-9,12H2,1H3,(H,23,28)(H,22,25,26). The van der Waals surface area contributed by atoms with Crippen LogP contribution < -0.4 is 10.6 Å². The molecule has 1 amide bonds. The molecule has 7 nitrogen and oxygen atoms in total. The van der Waals surface area contributed by atoms with Crippen molar-refractivity contribution in [3.8, 4) is 5.82 Å². The number of fused-ring (bicyclic) bond motifs is 1. The summed E-state index contributed by atoms with van der Waals surface area (Å²) in [4.78, 5) is 24.3. The Morgan fingerprint density at radius 2 is 1.93 bits per heavy atom. The largest absolute Gasteiger partial charge is 0.368 e. The number of para-hydroxylation sites is 1. The van der Waals surface area contributed by atoms with Crippen molar-refractivity contribution in [1.29, 1.82) is 0 Å². The van der Waals surface area contributed by atoms with E-state index in [1.807, 2.05) is 72.5 Å². The second kappa shape index (κ2) is 7.96. The molecular weight excluding hydrogens is 352 g/mol. The molecule has 0 unspecified atom stereocenters. The van der Waals surface area contributed by atoms with E-state index in [4.69, 9.17) is 0 Å². The molecule has 0 atom stereocenters. The minimum absolute atomic E-state index is 0.00143. The summed E-state index contributed by atoms with van der Waals surface area (Å²) in [7, 11) is 0. The number of aromatic amines is 1. The van der Waals surface area contributed by atoms with Gasteiger partial charge >= 0.3 is 0 Å². The lowest BCUT2D eigenvalue weighted by molar-refractivity contribution is -0.120. The van der Waals surface area contributed by atoms with Crippen LogP contribution in [0.2, 0.25) is 0 Å². The Balaban J connectivity index is 1.29. The van der Waals surface area contributed by atoms with Gasteiger partial charge in [-0.25, -0.2) is 9.97 Å². The molecule has 0 aliphatic rings. The highest BCUT2D eigenvalue weighted by atomic mass is 16.1. The van der Waals surface area contributed by atoms with Gasteiger partial charge < -0.3 is 20.2 Å². The zero-order valence-electron chi connectivity index (χ0n) is 15.6. The first kappa shape index (κ1) is 17.8. The highest BCUT2D eigenvalue weighted by Crippen LogP contribution is 2.18. The number of nitrogens with zero attached hydrogens (tertiary/aromatic N) is 3. The molecular formula is C21H22N6O. The van der Waals surface area contributed by atoms with Gasteiger partial charge in [0.15, 0.2) is 0 Å². The van der Waals surface area contributed by atoms with E-state index in [9.17, 15) is 4.79 Å². The molecule has 0 spiro atoms. The van der Waals surface area contributed by atoms with Gasteiger partial charge in [0.05, 0.1) is 6.42 Å². The fraction of sp³-hybridized carbons (Fsp3) is 0.190. The topological polar surface area (TPSA) is 87.6 Å². The number of carbonyl (C=O) groups excluding carboxylic acids is 1. The molecule has 0 saturated carbocycles. The molecule has 28 heavy (non-hydrogen) atoms. The summed E-state index contributed by atoms with van der Waals surface area (Å²) in [5.41, 5.74) is 2.05. The third kappa shape index (κ3) is 4.03. The molecule has 0 aliphatic heterocycles. The van der Waals surface area contributed by atoms with E-state index in [-0.39, 0.29) is 5.91 Å². The number of aryl methyl sites for hydroxylation is 1. The summed E-state index contributed by atoms with van der Waals surface area (Å²) in [5, 5.41) is 7.28. The zero-order chi connectivity index (χ0) is 19.3. The number of amides is 1. The SMILES string of the molecule is Cc1nc(NCCNC(=O)Cc2c[nH]c3ccccc23)cc(-n2cccc2)n1. The van der Waals surface area contributed by atoms with Crippen LogP contribution in [0.5, 0.6) is 0 Å². The van der Waals surface area contributed by atoms with Gasteiger partial charge in [-0.1, -0.05) is 18.2 Å². The lowest BCUT2D eigenvalue weighted by atomic mass is 10.1. The number of hydrogen-bond acceptors (Lipinski definition) is 4. The van der Waals surface area contributed by atoms with E-state index in [2.05, 4.69) is 25.6 Å². The fourth-order valence-corrected chi connectivity index (χ4v) is 3.17. The number of benzene rings is 1. The van der Waals surface area contributed by atoms with Crippen LogP contribution >= 0.6 is 0 Å². The van der Waals surface area contributed by atoms with Crippen LogP contribution in [-0.4, -0.2) is 38.5 Å². The maximum absolute atomic E-state index is 12.2. The maximum atomic E-state index is 12.2. The van der Waals surface area contributed by atoms with Gasteiger partial charge in [0.25, 0.3) is 0 Å². The third-order valence-corrected chi connectivity index (χ3v) is 4.47. The van der Waals surface area contributed by atoms with Crippen molar-refractivity contribution in [2.75, 3.05) is 18.4 Å². The monoisotopic (exact) mass is 374 g/mol. The van der Waals surface area contributed by atoms with Crippen molar-refractivity contribution in [1.82, 2.24) is 24.8 Å². The van der Waals surface area contributed by atoms with Gasteiger partial charge in [0.2, 0.25) is 5.91 Å². The molecule has 1 aromatic carbocycles. The predicted molar refractivity (Wildman–Crippen MR) is 110 cm³/mol. The third-order valence-electron chi connectivity index (χ3n) is 4.47. The lowest BCUT2D eigenvalue weighted by Gasteiger charge is -2.10. The van der Waals surface area contributed by atoms with Crippen molar-refractivity contribution in [3.63, 3.8) is 0 Å². The summed E-state index contributed by atoms with van der Waals surface area (Å²) in [6, 6.07) is 13.8. The summed E-state index contributed by atoms with van der Waals surface area (Å²) in [6.07, 6.45) is 6.14. The van der Waals surface area contributed by atoms with E-state index in [0.717, 1.165) is 28.1 Å². The summed E-state index contributed by atoms with van der Waals surface area (Å²) in [5.74, 6) is 2.24. The molecule has 0 radical (unpaired) electrons. The molecule has 142 valence electrons. The Morgan fingerprint density at radius 3 is 2.79 bits per heavy atom. The maximum Gasteiger partial charge on any atom is 0.224 e. The number of carbonyl (C=O) groups is 1. The van der Waals surface area contributed by atoms with E-state index in [0.29, 0.717) is 25.3 Å². The second-order valence-electron chi connectivity index (χ2n) is 6.56. The normalized spacial score (nSPS) is 10.9. The van der Waals surface area contributed by atoms with Crippen molar-refractivity contribution in [2.45, 2.75) is 13.3 Å². The van der Waals surface area contributed by atoms with Crippen LogP contribution in [0.4, 0.5) is 5.82 Å². The lowest BCUT2D eigenvalue weighted by Crippen LogP contribution is -2.30. The van der Waals surface area contributed by atoms with Crippen molar-refractivity contribution < 1.29 is 4.79 Å². The number of aromatic nitrogens is 4. The van der Waals surface area contributed by atoms with Crippen LogP contribution in [0, 0.1) is 6.92 Å². The summed E-state index contributed by atoms with van der Waals surface area (Å²) >= 11 is 0. The first-order valence-corrected chi connectivity index (χ1v) is 9.23. The second-order valence-corrected chi connectivity index (χ2v) is 6.56. The van der Waals surface area contributed by atoms with Gasteiger partial charge in [-0.2, -0.15) is 0 Å². The predicted octanol–water partition coefficient (Wildman–Crippen LogP) is 2.83. The smallest absolute Gasteiger partial charge is 0.224 e. The van der Waals surface area contributed by atoms with Crippen LogP contribution in [0.25, 0.3) is 16.7 Å². The van der Waals surface area contributed by atoms with Gasteiger partial charge in [-0.05, 0) is 30.7 Å². The zero-order valence-corrected chi connectivity index (χ0v) is 15.6. The van der Waals surface area contributed by atoms with Crippen LogP contribution in [0.15, 0.2) is 61.1 Å². The number of hydrogen-bond donors (Lipinski definition) is 3. The van der Waals surface area contributed by atoms with Crippen LogP contribution in [-0.2, 0) is 11.2 Å². The Morgan fingerprint density at radius 1 is 1.11 bits per heavy atom. The Kier molecular flexibility index (Phi) is 5.05. The molecule has 3 aromatic heterocycles. The molecule has 0 bridgehead atoms. The van der Waals surface area contributed by atoms with Crippen LogP contribution in [0.1, 0.15) is 11.4 Å². The Hall–Kier alpha value is -3.61. The Bertz CT molecular complexity index is 1080. The molecule has 7 heteroatoms. The minimum atomic E-state index is -0.00143. The Labute approximate surface area is 162 Å². The average molecular weight is 374 g/mol. The average Bonchev–Trinajstić information content (AvgIpc) is 3.36. The number of anilines is 1. The highest BCUT2D eigenvalue weighted by Gasteiger charge is 2.08. The van der Waals surface area contributed by atoms with E-state index in [1.54, 1.807) is 0 Å². The minimum Gasteiger partial charge on any atom is -0.368 e. The van der Waals surface area contributed by atoms with Gasteiger partial charge in [0.1, 0.15) is 17.5 Å². The number of nitrogens with one attached hydrogen (secondary N) is 3. The molecule has 3 heterocycles. The van der Waals surface area contributed by atoms with Crippen molar-refractivity contribution >= 4 is 22.6 Å². The van der Waals surface area contributed by atoms with E-state index < -0.39 is 0 Å². The van der Waals surface area contributed by atoms with Gasteiger partial charge in [-0.3, -0.25) is 4.79 Å². The number of H-pyrrole nitrogens is 1. The van der Waals surface area contributed by atoms with E-state index in [1.165, 1.54) is 0 Å². The fourth-order valence-electron chi connectivity index (χ4n) is 3.17. The molecule has 3 N–H and O–H groups in total. The van der Waals surface area contributed by atoms with Crippen molar-refractivity contribution in [3.05, 3.63) is 72.4 Å². The van der Waals surface area contributed by atoms with E-state index >= 15 is 0 Å². The molecule has 0 saturated heterocycles. The van der Waals surface area contributed by atoms with Crippen molar-refractivity contribution in [2.24, 2.45) is 0 Å². The first-order valence-electron chi connectivity index (χ1n) is 9.23. The quantitative estimate of drug-likeness (QED) is 0.434. The summed E-state index contributed by atoms with van der Waals surface area (Å²) < 4.78 is 1.93. The van der Waals surface area contributed by atoms with Crippen LogP contribution in [0.3, 0.4) is 0 Å². The molecule has 4 aromatic rings.